The van der Waals surface area contributed by atoms with Crippen LogP contribution >= 0.6 is 0 Å². The number of hydrogen-bond acceptors (Lipinski definition) is 4. The fourth-order valence-corrected chi connectivity index (χ4v) is 2.29. The van der Waals surface area contributed by atoms with Gasteiger partial charge in [-0.25, -0.2) is 9.97 Å². The second kappa shape index (κ2) is 6.35. The van der Waals surface area contributed by atoms with Crippen molar-refractivity contribution in [1.82, 2.24) is 9.97 Å². The van der Waals surface area contributed by atoms with Crippen LogP contribution in [0.25, 0.3) is 10.8 Å². The standard InChI is InChI=1S/C17H14F3N3O/c1-24-14-5-4-12-8-11(2-3-13(12)9-14)10-22-16-21-7-6-15(23-16)17(18,19)20/h2-9H,10H2,1H3,(H,21,22,23). The zero-order valence-electron chi connectivity index (χ0n) is 12.8. The van der Waals surface area contributed by atoms with Gasteiger partial charge in [-0.15, -0.1) is 0 Å². The average molecular weight is 333 g/mol. The van der Waals surface area contributed by atoms with Gasteiger partial charge in [0.25, 0.3) is 0 Å². The Kier molecular flexibility index (Phi) is 4.24. The lowest BCUT2D eigenvalue weighted by atomic mass is 10.1. The highest BCUT2D eigenvalue weighted by atomic mass is 19.4. The highest BCUT2D eigenvalue weighted by molar-refractivity contribution is 5.84. The molecule has 0 aliphatic carbocycles. The summed E-state index contributed by atoms with van der Waals surface area (Å²) in [5.74, 6) is 0.713. The van der Waals surface area contributed by atoms with Crippen molar-refractivity contribution in [1.29, 1.82) is 0 Å². The molecular weight excluding hydrogens is 319 g/mol. The number of halogens is 3. The summed E-state index contributed by atoms with van der Waals surface area (Å²) >= 11 is 0. The maximum atomic E-state index is 12.6. The molecule has 3 aromatic rings. The van der Waals surface area contributed by atoms with Gasteiger partial charge in [-0.05, 0) is 40.6 Å². The second-order valence-corrected chi connectivity index (χ2v) is 5.16. The first kappa shape index (κ1) is 16.0. The number of fused-ring (bicyclic) bond motifs is 1. The molecule has 0 atom stereocenters. The zero-order chi connectivity index (χ0) is 17.2. The first-order valence-electron chi connectivity index (χ1n) is 7.16. The number of anilines is 1. The minimum Gasteiger partial charge on any atom is -0.497 e. The molecule has 7 heteroatoms. The van der Waals surface area contributed by atoms with Gasteiger partial charge >= 0.3 is 6.18 Å². The van der Waals surface area contributed by atoms with E-state index in [4.69, 9.17) is 4.74 Å². The van der Waals surface area contributed by atoms with E-state index in [1.165, 1.54) is 0 Å². The van der Waals surface area contributed by atoms with Gasteiger partial charge in [0.1, 0.15) is 11.4 Å². The van der Waals surface area contributed by atoms with E-state index in [1.807, 2.05) is 36.4 Å². The third-order valence-corrected chi connectivity index (χ3v) is 3.51. The molecule has 0 fully saturated rings. The van der Waals surface area contributed by atoms with E-state index >= 15 is 0 Å². The van der Waals surface area contributed by atoms with Crippen LogP contribution in [-0.4, -0.2) is 17.1 Å². The Labute approximate surface area is 136 Å². The van der Waals surface area contributed by atoms with Crippen LogP contribution in [0.1, 0.15) is 11.3 Å². The molecule has 0 saturated carbocycles. The van der Waals surface area contributed by atoms with Gasteiger partial charge in [-0.1, -0.05) is 18.2 Å². The number of methoxy groups -OCH3 is 1. The first-order chi connectivity index (χ1) is 11.5. The molecule has 1 N–H and O–H groups in total. The lowest BCUT2D eigenvalue weighted by molar-refractivity contribution is -0.141. The molecule has 2 aromatic carbocycles. The summed E-state index contributed by atoms with van der Waals surface area (Å²) in [5, 5.41) is 4.85. The molecule has 0 saturated heterocycles. The Morgan fingerprint density at radius 3 is 2.54 bits per heavy atom. The Balaban J connectivity index is 1.76. The second-order valence-electron chi connectivity index (χ2n) is 5.16. The lowest BCUT2D eigenvalue weighted by Crippen LogP contribution is -2.11. The number of aromatic nitrogens is 2. The van der Waals surface area contributed by atoms with Gasteiger partial charge in [-0.3, -0.25) is 0 Å². The van der Waals surface area contributed by atoms with E-state index in [0.717, 1.165) is 34.3 Å². The van der Waals surface area contributed by atoms with Crippen molar-refractivity contribution in [3.63, 3.8) is 0 Å². The van der Waals surface area contributed by atoms with Crippen LogP contribution in [0.3, 0.4) is 0 Å². The molecule has 0 unspecified atom stereocenters. The van der Waals surface area contributed by atoms with Crippen LogP contribution < -0.4 is 10.1 Å². The van der Waals surface area contributed by atoms with Crippen molar-refractivity contribution in [3.8, 4) is 5.75 Å². The number of nitrogens with one attached hydrogen (secondary N) is 1. The Morgan fingerprint density at radius 1 is 1.04 bits per heavy atom. The molecule has 0 aliphatic rings. The summed E-state index contributed by atoms with van der Waals surface area (Å²) in [4.78, 5) is 7.29. The molecule has 24 heavy (non-hydrogen) atoms. The Morgan fingerprint density at radius 2 is 1.79 bits per heavy atom. The summed E-state index contributed by atoms with van der Waals surface area (Å²) in [6.07, 6.45) is -3.40. The molecule has 3 rings (SSSR count). The largest absolute Gasteiger partial charge is 0.497 e. The lowest BCUT2D eigenvalue weighted by Gasteiger charge is -2.09. The number of ether oxygens (including phenoxy) is 1. The van der Waals surface area contributed by atoms with Gasteiger partial charge in [0.05, 0.1) is 7.11 Å². The summed E-state index contributed by atoms with van der Waals surface area (Å²) in [7, 11) is 1.61. The number of alkyl halides is 3. The monoisotopic (exact) mass is 333 g/mol. The topological polar surface area (TPSA) is 47.0 Å². The van der Waals surface area contributed by atoms with Gasteiger partial charge in [0.2, 0.25) is 5.95 Å². The third-order valence-electron chi connectivity index (χ3n) is 3.51. The Hall–Kier alpha value is -2.83. The summed E-state index contributed by atoms with van der Waals surface area (Å²) < 4.78 is 43.1. The predicted molar refractivity (Wildman–Crippen MR) is 84.9 cm³/mol. The summed E-state index contributed by atoms with van der Waals surface area (Å²) in [5.41, 5.74) is -0.0562. The molecular formula is C17H14F3N3O. The van der Waals surface area contributed by atoms with Crippen LogP contribution in [0.15, 0.2) is 48.7 Å². The molecule has 0 amide bonds. The fraction of sp³-hybridized carbons (Fsp3) is 0.176. The van der Waals surface area contributed by atoms with Crippen molar-refractivity contribution in [3.05, 3.63) is 59.9 Å². The number of nitrogens with zero attached hydrogens (tertiary/aromatic N) is 2. The number of rotatable bonds is 4. The highest BCUT2D eigenvalue weighted by Gasteiger charge is 2.32. The van der Waals surface area contributed by atoms with E-state index in [9.17, 15) is 13.2 Å². The number of hydrogen-bond donors (Lipinski definition) is 1. The number of benzene rings is 2. The molecule has 4 nitrogen and oxygen atoms in total. The van der Waals surface area contributed by atoms with Crippen LogP contribution in [-0.2, 0) is 12.7 Å². The van der Waals surface area contributed by atoms with Gasteiger partial charge < -0.3 is 10.1 Å². The molecule has 124 valence electrons. The molecule has 1 aromatic heterocycles. The van der Waals surface area contributed by atoms with Crippen LogP contribution in [0, 0.1) is 0 Å². The van der Waals surface area contributed by atoms with E-state index in [1.54, 1.807) is 7.11 Å². The van der Waals surface area contributed by atoms with E-state index in [2.05, 4.69) is 15.3 Å². The van der Waals surface area contributed by atoms with Crippen molar-refractivity contribution in [2.24, 2.45) is 0 Å². The normalized spacial score (nSPS) is 11.5. The minimum absolute atomic E-state index is 0.0559. The van der Waals surface area contributed by atoms with E-state index in [0.29, 0.717) is 6.54 Å². The zero-order valence-corrected chi connectivity index (χ0v) is 12.8. The molecule has 0 radical (unpaired) electrons. The maximum absolute atomic E-state index is 12.6. The summed E-state index contributed by atoms with van der Waals surface area (Å²) in [6.45, 7) is 0.323. The van der Waals surface area contributed by atoms with Crippen LogP contribution in [0.2, 0.25) is 0 Å². The average Bonchev–Trinajstić information content (AvgIpc) is 2.59. The molecule has 1 heterocycles. The molecule has 0 aliphatic heterocycles. The molecule has 0 spiro atoms. The van der Waals surface area contributed by atoms with Crippen molar-refractivity contribution in [2.45, 2.75) is 12.7 Å². The van der Waals surface area contributed by atoms with Crippen LogP contribution in [0.4, 0.5) is 19.1 Å². The minimum atomic E-state index is -4.48. The van der Waals surface area contributed by atoms with Crippen molar-refractivity contribution < 1.29 is 17.9 Å². The van der Waals surface area contributed by atoms with Crippen LogP contribution in [0.5, 0.6) is 5.75 Å². The highest BCUT2D eigenvalue weighted by Crippen LogP contribution is 2.27. The van der Waals surface area contributed by atoms with Gasteiger partial charge in [0.15, 0.2) is 0 Å². The maximum Gasteiger partial charge on any atom is 0.433 e. The smallest absolute Gasteiger partial charge is 0.433 e. The van der Waals surface area contributed by atoms with Gasteiger partial charge in [0, 0.05) is 12.7 Å². The fourth-order valence-electron chi connectivity index (χ4n) is 2.29. The predicted octanol–water partition coefficient (Wildman–Crippen LogP) is 4.27. The van der Waals surface area contributed by atoms with E-state index < -0.39 is 11.9 Å². The van der Waals surface area contributed by atoms with Gasteiger partial charge in [-0.2, -0.15) is 13.2 Å². The third kappa shape index (κ3) is 3.56. The van der Waals surface area contributed by atoms with E-state index in [-0.39, 0.29) is 5.95 Å². The Bertz CT molecular complexity index is 865. The summed E-state index contributed by atoms with van der Waals surface area (Å²) in [6, 6.07) is 12.3. The molecule has 0 bridgehead atoms. The van der Waals surface area contributed by atoms with Crippen molar-refractivity contribution >= 4 is 16.7 Å². The first-order valence-corrected chi connectivity index (χ1v) is 7.16. The SMILES string of the molecule is COc1ccc2cc(CNc3nccc(C(F)(F)F)n3)ccc2c1. The van der Waals surface area contributed by atoms with Crippen molar-refractivity contribution in [2.75, 3.05) is 12.4 Å². The quantitative estimate of drug-likeness (QED) is 0.774.